The summed E-state index contributed by atoms with van der Waals surface area (Å²) in [6.45, 7) is 20.6. The fourth-order valence-corrected chi connectivity index (χ4v) is 16.2. The number of aliphatic imine (C=N–C) groups is 1. The minimum absolute atomic E-state index is 0. The lowest BCUT2D eigenvalue weighted by Gasteiger charge is -2.48. The van der Waals surface area contributed by atoms with Gasteiger partial charge in [-0.2, -0.15) is 0 Å². The number of aldehydes is 2. The van der Waals surface area contributed by atoms with Crippen LogP contribution in [-0.2, 0) is 65.9 Å². The van der Waals surface area contributed by atoms with E-state index in [-0.39, 0.29) is 69.3 Å². The summed E-state index contributed by atoms with van der Waals surface area (Å²) in [5.74, 6) is 9.64. The number of rotatable bonds is 37. The van der Waals surface area contributed by atoms with Gasteiger partial charge in [0.15, 0.2) is 0 Å². The van der Waals surface area contributed by atoms with Gasteiger partial charge < -0.3 is 50.1 Å². The van der Waals surface area contributed by atoms with E-state index in [1.807, 2.05) is 150 Å². The standard InChI is InChI=1S/C35H44N4O3.C33H41N3O2.C29H38N2O3.C7H7BO3.C2H3NO.CH2Cl2.CH4.6H2/c1-7-9-11-12-13-14-23-39-32(40)31(37(6)33(41)35(39,3)4)25-27-18-20-29(21-19-27)30-17-15-16-28(24-30)26-38(22-10-8-2)34(42)36-5;1-6-8-10-11-12-13-22-36-31(37)30(35(5)32(38)33(36,3)4)24-26-17-19-28(20-18-26)29-16-14-15-27(23-29)25-34-21-9-7-2;1-5-6-7-8-9-10-18-31-27(33)26(30(4)28(34)29(31,2)3)20-22-14-16-24(17-15-22)25-13-11-12-23(19-25)21-32;9-5-6-2-1-3-7(4-6)8(10)11;1-3-2-4;2-1-3;;;;;;;/h2,15-21,24,31H,7,9,11-14,23,25-26H2,1,3-6H3,(H,36,42);2,14-20,23,30,34H,6,8,10-13,22,24-25H2,1,3-5H3;11-17,19,21,26H,5-10,18,20H2,1-4H3;1-5,10-11H;1H3;1H2;1H4;6*1H/t31-;30-;26-;;;;;;;;;;/m000........../s1. The van der Waals surface area contributed by atoms with Crippen molar-refractivity contribution in [1.29, 1.82) is 0 Å². The van der Waals surface area contributed by atoms with Crippen LogP contribution in [0.4, 0.5) is 4.79 Å². The molecule has 0 aliphatic carbocycles. The highest BCUT2D eigenvalue weighted by atomic mass is 35.5. The molecule has 8 amide bonds. The second kappa shape index (κ2) is 59.5. The lowest BCUT2D eigenvalue weighted by atomic mass is 9.80. The fourth-order valence-electron chi connectivity index (χ4n) is 16.2. The molecule has 7 aromatic rings. The van der Waals surface area contributed by atoms with Gasteiger partial charge in [-0.3, -0.25) is 38.4 Å². The number of isocyanates is 1. The highest BCUT2D eigenvalue weighted by Gasteiger charge is 2.52. The molecule has 3 aliphatic heterocycles. The van der Waals surface area contributed by atoms with Crippen LogP contribution in [0.1, 0.15) is 242 Å². The Morgan fingerprint density at radius 3 is 1.14 bits per heavy atom. The number of terminal acetylenes is 2. The van der Waals surface area contributed by atoms with Crippen molar-refractivity contribution in [2.24, 2.45) is 4.99 Å². The summed E-state index contributed by atoms with van der Waals surface area (Å²) in [5.41, 5.74) is 10.2. The predicted molar refractivity (Wildman–Crippen MR) is 551 cm³/mol. The molecular weight excluding hydrogens is 1710 g/mol. The van der Waals surface area contributed by atoms with E-state index >= 15 is 0 Å². The lowest BCUT2D eigenvalue weighted by molar-refractivity contribution is -0.166. The zero-order valence-corrected chi connectivity index (χ0v) is 81.2. The van der Waals surface area contributed by atoms with Crippen LogP contribution in [0.2, 0.25) is 0 Å². The van der Waals surface area contributed by atoms with E-state index < -0.39 is 41.9 Å². The van der Waals surface area contributed by atoms with Gasteiger partial charge in [-0.05, 0) is 158 Å². The zero-order chi connectivity index (χ0) is 97.4. The first kappa shape index (κ1) is 113. The smallest absolute Gasteiger partial charge is 0.423 e. The molecule has 22 nitrogen and oxygen atoms in total. The van der Waals surface area contributed by atoms with Gasteiger partial charge in [-0.1, -0.05) is 276 Å². The Labute approximate surface area is 811 Å². The van der Waals surface area contributed by atoms with Gasteiger partial charge in [-0.25, -0.2) is 19.5 Å². The van der Waals surface area contributed by atoms with Crippen molar-refractivity contribution in [3.8, 4) is 82.0 Å². The van der Waals surface area contributed by atoms with Gasteiger partial charge in [0.1, 0.15) is 47.3 Å². The molecule has 0 unspecified atom stereocenters. The SMILES string of the molecule is C.C#CC#CN(Cc1cccc(-c2ccc(C[C@H]3C(=O)N(CCCCCCCC)C(C)(C)C(=O)N3C)cc2)c1)C(=O)NC.C#CC#CNCc1cccc(-c2ccc(C[C@H]3C(=O)N(CCCCCCCC)C(C)(C)C(=O)N3C)cc2)c1.CCCCCCCCN1C(=O)[C@H](Cc2ccc(-c3cccc(C=O)c3)cc2)N(C)C(=O)C1(C)C.CN=C=O.ClCCl.O=Cc1cccc(B(O)O)c1.[HH].[HH].[HH].[HH].[HH].[HH]. The molecule has 0 spiro atoms. The van der Waals surface area contributed by atoms with Gasteiger partial charge in [-0.15, -0.1) is 36.0 Å². The molecule has 0 bridgehead atoms. The first-order valence-electron chi connectivity index (χ1n) is 45.7. The molecule has 7 aromatic carbocycles. The molecule has 3 aliphatic rings. The fraction of sp³-hybridized carbons (Fsp3) is 0.444. The third-order valence-electron chi connectivity index (χ3n) is 23.9. The number of nitrogens with one attached hydrogen (secondary N) is 2. The second-order valence-corrected chi connectivity index (χ2v) is 35.2. The number of benzene rings is 7. The average Bonchev–Trinajstić information content (AvgIpc) is 0.765. The topological polar surface area (TPSA) is 270 Å². The largest absolute Gasteiger partial charge is 0.488 e. The molecule has 4 N–H and O–H groups in total. The minimum Gasteiger partial charge on any atom is -0.423 e. The molecule has 722 valence electrons. The first-order valence-corrected chi connectivity index (χ1v) is 46.8. The van der Waals surface area contributed by atoms with Gasteiger partial charge in [0.05, 0.1) is 11.9 Å². The van der Waals surface area contributed by atoms with E-state index in [2.05, 4.69) is 109 Å². The van der Waals surface area contributed by atoms with Crippen LogP contribution in [0.5, 0.6) is 0 Å². The number of hydrogen-bond acceptors (Lipinski definition) is 14. The molecule has 133 heavy (non-hydrogen) atoms. The van der Waals surface area contributed by atoms with Crippen LogP contribution < -0.4 is 16.1 Å². The number of urea groups is 1. The Hall–Kier alpha value is -12.0. The number of halogens is 2. The number of amides is 8. The molecule has 10 rings (SSSR count). The Morgan fingerprint density at radius 2 is 0.805 bits per heavy atom. The number of unbranched alkanes of at least 4 members (excludes halogenated alkanes) is 15. The first-order chi connectivity index (χ1) is 63.3. The zero-order valence-electron chi connectivity index (χ0n) is 79.7. The van der Waals surface area contributed by atoms with E-state index in [0.717, 1.165) is 112 Å². The van der Waals surface area contributed by atoms with Crippen molar-refractivity contribution in [2.75, 3.05) is 60.2 Å². The number of hydrogen-bond donors (Lipinski definition) is 4. The summed E-state index contributed by atoms with van der Waals surface area (Å²) in [6.07, 6.45) is 35.2. The summed E-state index contributed by atoms with van der Waals surface area (Å²) in [4.78, 5) is 138. The van der Waals surface area contributed by atoms with Crippen molar-refractivity contribution in [3.05, 3.63) is 209 Å². The van der Waals surface area contributed by atoms with Crippen LogP contribution in [0.3, 0.4) is 0 Å². The highest BCUT2D eigenvalue weighted by Crippen LogP contribution is 2.34. The van der Waals surface area contributed by atoms with Gasteiger partial charge in [0.2, 0.25) is 41.5 Å². The van der Waals surface area contributed by atoms with E-state index in [4.69, 9.17) is 50.9 Å². The minimum atomic E-state index is -1.50. The Kier molecular flexibility index (Phi) is 50.6. The average molecular weight is 1860 g/mol. The number of nitrogens with zero attached hydrogens (tertiary/aromatic N) is 8. The van der Waals surface area contributed by atoms with Crippen molar-refractivity contribution in [2.45, 2.75) is 252 Å². The Morgan fingerprint density at radius 1 is 0.481 bits per heavy atom. The van der Waals surface area contributed by atoms with Crippen LogP contribution in [0.15, 0.2) is 175 Å². The third-order valence-corrected chi connectivity index (χ3v) is 23.9. The molecular formula is C108H151BCl2N10O12. The highest BCUT2D eigenvalue weighted by molar-refractivity contribution is 6.58. The Bertz CT molecular complexity index is 5190. The maximum atomic E-state index is 13.7. The van der Waals surface area contributed by atoms with Crippen molar-refractivity contribution < 1.29 is 66.6 Å². The van der Waals surface area contributed by atoms with Crippen molar-refractivity contribution in [1.82, 2.24) is 44.9 Å². The van der Waals surface area contributed by atoms with E-state index in [0.29, 0.717) is 68.3 Å². The summed E-state index contributed by atoms with van der Waals surface area (Å²) in [6, 6.07) is 57.8. The summed E-state index contributed by atoms with van der Waals surface area (Å²) in [7, 11) is 6.67. The summed E-state index contributed by atoms with van der Waals surface area (Å²) in [5, 5.41) is 23.1. The number of alkyl halides is 2. The molecule has 0 radical (unpaired) electrons. The monoisotopic (exact) mass is 1860 g/mol. The second-order valence-electron chi connectivity index (χ2n) is 34.4. The number of carbonyl (C=O) groups is 9. The van der Waals surface area contributed by atoms with Crippen molar-refractivity contribution in [3.63, 3.8) is 0 Å². The number of likely N-dealkylation sites (N-methyl/N-ethyl adjacent to an activating group) is 3. The van der Waals surface area contributed by atoms with Crippen molar-refractivity contribution >= 4 is 95.9 Å². The Balaban J connectivity index is -0.00000179. The maximum absolute atomic E-state index is 13.7. The molecule has 25 heteroatoms. The van der Waals surface area contributed by atoms with E-state index in [9.17, 15) is 43.2 Å². The van der Waals surface area contributed by atoms with Crippen LogP contribution in [0.25, 0.3) is 33.4 Å². The van der Waals surface area contributed by atoms with Gasteiger partial charge in [0.25, 0.3) is 0 Å². The van der Waals surface area contributed by atoms with Gasteiger partial charge in [0, 0.05) is 124 Å². The molecule has 0 saturated carbocycles. The van der Waals surface area contributed by atoms with E-state index in [1.165, 1.54) is 101 Å². The quantitative estimate of drug-likeness (QED) is 0.00413. The molecule has 0 aromatic heterocycles. The molecule has 3 saturated heterocycles. The summed E-state index contributed by atoms with van der Waals surface area (Å²) < 4.78 is 0. The molecule has 3 atom stereocenters. The number of carbonyl (C=O) groups excluding carboxylic acids is 10. The lowest BCUT2D eigenvalue weighted by Crippen LogP contribution is -2.69. The molecule has 3 heterocycles. The molecule has 3 fully saturated rings. The number of piperazine rings is 3. The normalized spacial score (nSPS) is 15.4. The van der Waals surface area contributed by atoms with Gasteiger partial charge >= 0.3 is 13.1 Å². The van der Waals surface area contributed by atoms with Crippen LogP contribution in [0, 0.1) is 48.6 Å². The predicted octanol–water partition coefficient (Wildman–Crippen LogP) is 19.0. The van der Waals surface area contributed by atoms with E-state index in [1.54, 1.807) is 70.9 Å². The van der Waals surface area contributed by atoms with Crippen LogP contribution in [-0.4, -0.2) is 207 Å². The van der Waals surface area contributed by atoms with Crippen LogP contribution >= 0.6 is 23.2 Å². The third kappa shape index (κ3) is 34.8. The summed E-state index contributed by atoms with van der Waals surface area (Å²) >= 11 is 9.53. The maximum Gasteiger partial charge on any atom is 0.488 e.